The van der Waals surface area contributed by atoms with Gasteiger partial charge in [-0.3, -0.25) is 9.08 Å². The summed E-state index contributed by atoms with van der Waals surface area (Å²) in [5.74, 6) is -0.0787. The third kappa shape index (κ3) is 4.17. The van der Waals surface area contributed by atoms with Gasteiger partial charge in [-0.15, -0.1) is 0 Å². The summed E-state index contributed by atoms with van der Waals surface area (Å²) in [6, 6.07) is 6.15. The number of halogens is 1. The van der Waals surface area contributed by atoms with Gasteiger partial charge in [-0.2, -0.15) is 8.42 Å². The van der Waals surface area contributed by atoms with Crippen molar-refractivity contribution in [2.75, 3.05) is 0 Å². The number of oxime groups is 1. The Labute approximate surface area is 144 Å². The average molecular weight is 398 g/mol. The van der Waals surface area contributed by atoms with E-state index in [4.69, 9.17) is 4.28 Å². The molecule has 0 amide bonds. The Bertz CT molecular complexity index is 835. The van der Waals surface area contributed by atoms with Crippen molar-refractivity contribution in [1.29, 1.82) is 0 Å². The highest BCUT2D eigenvalue weighted by Gasteiger charge is 2.21. The van der Waals surface area contributed by atoms with Crippen LogP contribution in [0.2, 0.25) is 0 Å². The number of rotatable bonds is 4. The second kappa shape index (κ2) is 6.80. The lowest BCUT2D eigenvalue weighted by Gasteiger charge is -2.14. The molecule has 1 aromatic carbocycles. The molecule has 0 bridgehead atoms. The highest BCUT2D eigenvalue weighted by atomic mass is 79.9. The number of benzene rings is 1. The first kappa shape index (κ1) is 17.6. The van der Waals surface area contributed by atoms with E-state index in [1.54, 1.807) is 25.1 Å². The van der Waals surface area contributed by atoms with Crippen molar-refractivity contribution in [2.24, 2.45) is 11.1 Å². The Morgan fingerprint density at radius 1 is 1.22 bits per heavy atom. The van der Waals surface area contributed by atoms with Gasteiger partial charge in [0.25, 0.3) is 0 Å². The van der Waals surface area contributed by atoms with Gasteiger partial charge in [-0.05, 0) is 48.8 Å². The maximum atomic E-state index is 12.2. The van der Waals surface area contributed by atoms with Gasteiger partial charge >= 0.3 is 10.1 Å². The topological polar surface area (TPSA) is 72.8 Å². The van der Waals surface area contributed by atoms with Gasteiger partial charge < -0.3 is 0 Å². The quantitative estimate of drug-likeness (QED) is 0.574. The van der Waals surface area contributed by atoms with E-state index >= 15 is 0 Å². The minimum absolute atomic E-state index is 0.00203. The number of hydrogen-bond acceptors (Lipinski definition) is 5. The van der Waals surface area contributed by atoms with Crippen LogP contribution in [0.1, 0.15) is 20.8 Å². The lowest BCUT2D eigenvalue weighted by molar-refractivity contribution is -0.111. The fourth-order valence-corrected chi connectivity index (χ4v) is 3.32. The largest absolute Gasteiger partial charge is 0.358 e. The van der Waals surface area contributed by atoms with Crippen LogP contribution in [0.5, 0.6) is 0 Å². The van der Waals surface area contributed by atoms with Crippen LogP contribution in [0.15, 0.2) is 62.1 Å². The predicted octanol–water partition coefficient (Wildman–Crippen LogP) is 3.62. The molecule has 0 N–H and O–H groups in total. The molecule has 0 saturated heterocycles. The van der Waals surface area contributed by atoms with E-state index in [-0.39, 0.29) is 16.6 Å². The Hall–Kier alpha value is -1.73. The predicted molar refractivity (Wildman–Crippen MR) is 91.5 cm³/mol. The average Bonchev–Trinajstić information content (AvgIpc) is 2.46. The second-order valence-corrected chi connectivity index (χ2v) is 7.85. The zero-order chi connectivity index (χ0) is 17.2. The van der Waals surface area contributed by atoms with Crippen molar-refractivity contribution in [3.05, 3.63) is 52.0 Å². The molecule has 0 unspecified atom stereocenters. The van der Waals surface area contributed by atoms with Crippen LogP contribution >= 0.6 is 15.9 Å². The summed E-state index contributed by atoms with van der Waals surface area (Å²) in [5, 5.41) is 3.73. The summed E-state index contributed by atoms with van der Waals surface area (Å²) in [7, 11) is -4.02. The molecule has 0 fully saturated rings. The minimum Gasteiger partial charge on any atom is -0.290 e. The molecule has 7 heteroatoms. The van der Waals surface area contributed by atoms with Crippen LogP contribution in [0.3, 0.4) is 0 Å². The summed E-state index contributed by atoms with van der Waals surface area (Å²) in [4.78, 5) is 11.9. The van der Waals surface area contributed by atoms with Gasteiger partial charge in [0.05, 0.1) is 0 Å². The summed E-state index contributed by atoms with van der Waals surface area (Å²) >= 11 is 3.21. The van der Waals surface area contributed by atoms with Crippen molar-refractivity contribution >= 4 is 37.5 Å². The molecule has 1 aromatic rings. The molecule has 5 nitrogen and oxygen atoms in total. The Kier molecular flexibility index (Phi) is 5.21. The summed E-state index contributed by atoms with van der Waals surface area (Å²) in [6.45, 7) is 5.45. The molecule has 0 radical (unpaired) electrons. The van der Waals surface area contributed by atoms with Gasteiger partial charge in [0.1, 0.15) is 10.6 Å². The van der Waals surface area contributed by atoms with E-state index in [2.05, 4.69) is 21.1 Å². The molecular formula is C16H16BrNO4S. The molecule has 23 heavy (non-hydrogen) atoms. The SMILES string of the molecule is CC1=CC(=O)C(C(C)C)=C/C1=N/OS(=O)(=O)c1cccc(Br)c1. The lowest BCUT2D eigenvalue weighted by Crippen LogP contribution is -2.16. The van der Waals surface area contributed by atoms with Gasteiger partial charge in [0.2, 0.25) is 0 Å². The summed E-state index contributed by atoms with van der Waals surface area (Å²) < 4.78 is 29.7. The highest BCUT2D eigenvalue weighted by molar-refractivity contribution is 9.10. The number of carbonyl (C=O) groups is 1. The third-order valence-electron chi connectivity index (χ3n) is 3.27. The van der Waals surface area contributed by atoms with E-state index < -0.39 is 10.1 Å². The number of allylic oxidation sites excluding steroid dienone is 4. The first-order valence-corrected chi connectivity index (χ1v) is 9.12. The van der Waals surface area contributed by atoms with Crippen molar-refractivity contribution in [3.8, 4) is 0 Å². The van der Waals surface area contributed by atoms with Crippen LogP contribution < -0.4 is 0 Å². The Morgan fingerprint density at radius 2 is 1.91 bits per heavy atom. The summed E-state index contributed by atoms with van der Waals surface area (Å²) in [5.41, 5.74) is 1.45. The fraction of sp³-hybridized carbons (Fsp3) is 0.250. The molecule has 1 aliphatic carbocycles. The molecule has 0 aliphatic heterocycles. The molecule has 0 atom stereocenters. The van der Waals surface area contributed by atoms with Gasteiger partial charge in [0.15, 0.2) is 5.78 Å². The normalized spacial score (nSPS) is 17.3. The Morgan fingerprint density at radius 3 is 2.52 bits per heavy atom. The third-order valence-corrected chi connectivity index (χ3v) is 4.86. The smallest absolute Gasteiger partial charge is 0.290 e. The lowest BCUT2D eigenvalue weighted by atomic mass is 9.90. The van der Waals surface area contributed by atoms with E-state index in [0.29, 0.717) is 21.3 Å². The molecule has 0 heterocycles. The molecule has 2 rings (SSSR count). The van der Waals surface area contributed by atoms with E-state index in [9.17, 15) is 13.2 Å². The van der Waals surface area contributed by atoms with Crippen LogP contribution in [0.25, 0.3) is 0 Å². The summed E-state index contributed by atoms with van der Waals surface area (Å²) in [6.07, 6.45) is 3.00. The van der Waals surface area contributed by atoms with Crippen LogP contribution in [-0.4, -0.2) is 19.9 Å². The highest BCUT2D eigenvalue weighted by Crippen LogP contribution is 2.21. The van der Waals surface area contributed by atoms with Crippen LogP contribution in [-0.2, 0) is 19.2 Å². The first-order valence-electron chi connectivity index (χ1n) is 6.92. The molecule has 0 spiro atoms. The zero-order valence-corrected chi connectivity index (χ0v) is 15.3. The van der Waals surface area contributed by atoms with E-state index in [1.807, 2.05) is 13.8 Å². The number of nitrogens with zero attached hydrogens (tertiary/aromatic N) is 1. The van der Waals surface area contributed by atoms with Gasteiger partial charge in [-0.25, -0.2) is 0 Å². The van der Waals surface area contributed by atoms with E-state index in [0.717, 1.165) is 0 Å². The zero-order valence-electron chi connectivity index (χ0n) is 12.9. The van der Waals surface area contributed by atoms with Crippen molar-refractivity contribution in [1.82, 2.24) is 0 Å². The molecule has 0 saturated carbocycles. The maximum Gasteiger partial charge on any atom is 0.358 e. The molecule has 122 valence electrons. The first-order chi connectivity index (χ1) is 10.7. The van der Waals surface area contributed by atoms with Gasteiger partial charge in [-0.1, -0.05) is 41.0 Å². The minimum atomic E-state index is -4.02. The van der Waals surface area contributed by atoms with Gasteiger partial charge in [0, 0.05) is 10.0 Å². The van der Waals surface area contributed by atoms with Crippen molar-refractivity contribution in [3.63, 3.8) is 0 Å². The molecule has 0 aromatic heterocycles. The standard InChI is InChI=1S/C16H16BrNO4S/c1-10(2)14-9-15(11(3)7-16(14)19)18-22-23(20,21)13-6-4-5-12(17)8-13/h4-10H,1-3H3/b18-15-. The molecule has 1 aliphatic rings. The van der Waals surface area contributed by atoms with Crippen molar-refractivity contribution < 1.29 is 17.5 Å². The second-order valence-electron chi connectivity index (χ2n) is 5.41. The monoisotopic (exact) mass is 397 g/mol. The van der Waals surface area contributed by atoms with Crippen LogP contribution in [0, 0.1) is 5.92 Å². The fourth-order valence-electron chi connectivity index (χ4n) is 1.99. The number of carbonyl (C=O) groups excluding carboxylic acids is 1. The van der Waals surface area contributed by atoms with Crippen LogP contribution in [0.4, 0.5) is 0 Å². The van der Waals surface area contributed by atoms with Crippen molar-refractivity contribution in [2.45, 2.75) is 25.7 Å². The van der Waals surface area contributed by atoms with E-state index in [1.165, 1.54) is 18.2 Å². The maximum absolute atomic E-state index is 12.2. The number of ketones is 1. The molecular weight excluding hydrogens is 382 g/mol. The number of hydrogen-bond donors (Lipinski definition) is 0. The Balaban J connectivity index is 2.32.